The molecular weight excluding hydrogens is 666 g/mol. The van der Waals surface area contributed by atoms with Crippen LogP contribution < -0.4 is 4.74 Å². The third kappa shape index (κ3) is 8.82. The van der Waals surface area contributed by atoms with E-state index >= 15 is 0 Å². The number of aliphatic hydroxyl groups excluding tert-OH is 1. The van der Waals surface area contributed by atoms with Crippen molar-refractivity contribution in [2.24, 2.45) is 0 Å². The van der Waals surface area contributed by atoms with E-state index in [1.54, 1.807) is 85.1 Å². The zero-order valence-electron chi connectivity index (χ0n) is 30.1. The molecule has 0 atom stereocenters. The van der Waals surface area contributed by atoms with E-state index in [-0.39, 0.29) is 17.9 Å². The fraction of sp³-hybridized carbons (Fsp3) is 0.275. The number of rotatable bonds is 8. The Kier molecular flexibility index (Phi) is 10.8. The third-order valence-electron chi connectivity index (χ3n) is 7.60. The van der Waals surface area contributed by atoms with Crippen molar-refractivity contribution in [3.05, 3.63) is 107 Å². The Hall–Kier alpha value is -6.01. The number of hydrogen-bond acceptors (Lipinski definition) is 10. The number of aryl methyl sites for hydroxylation is 1. The SMILES string of the molecule is Cc1ncc(CO)c(COC(=O)/C=C/c2cn(C(=O)OC(C)(C)C)c3ccccc23)c1OC(=O)/C=C/c1cn(C(=O)OC(C)(C)C)c2ccccc12. The van der Waals surface area contributed by atoms with Gasteiger partial charge in [-0.15, -0.1) is 0 Å². The summed E-state index contributed by atoms with van der Waals surface area (Å²) in [5, 5.41) is 11.5. The highest BCUT2D eigenvalue weighted by molar-refractivity contribution is 5.99. The second-order valence-electron chi connectivity index (χ2n) is 13.9. The van der Waals surface area contributed by atoms with E-state index in [4.69, 9.17) is 18.9 Å². The molecule has 3 heterocycles. The molecule has 5 aromatic rings. The molecule has 0 amide bonds. The maximum Gasteiger partial charge on any atom is 0.419 e. The van der Waals surface area contributed by atoms with Gasteiger partial charge in [0.15, 0.2) is 5.75 Å². The van der Waals surface area contributed by atoms with E-state index in [2.05, 4.69) is 4.98 Å². The summed E-state index contributed by atoms with van der Waals surface area (Å²) in [6, 6.07) is 14.4. The van der Waals surface area contributed by atoms with Crippen molar-refractivity contribution >= 4 is 58.1 Å². The van der Waals surface area contributed by atoms with Crippen LogP contribution in [-0.4, -0.2) is 54.6 Å². The molecule has 0 aliphatic heterocycles. The number of aromatic nitrogens is 3. The second kappa shape index (κ2) is 15.1. The summed E-state index contributed by atoms with van der Waals surface area (Å²) in [7, 11) is 0. The summed E-state index contributed by atoms with van der Waals surface area (Å²) in [6.45, 7) is 11.5. The predicted molar refractivity (Wildman–Crippen MR) is 196 cm³/mol. The van der Waals surface area contributed by atoms with Crippen LogP contribution in [0.15, 0.2) is 79.3 Å². The average molecular weight is 708 g/mol. The number of pyridine rings is 1. The molecule has 12 heteroatoms. The first-order valence-electron chi connectivity index (χ1n) is 16.5. The minimum absolute atomic E-state index is 0.0367. The number of carbonyl (C=O) groups is 4. The quantitative estimate of drug-likeness (QED) is 0.0965. The topological polar surface area (TPSA) is 148 Å². The number of nitrogens with zero attached hydrogens (tertiary/aromatic N) is 3. The number of ether oxygens (including phenoxy) is 4. The summed E-state index contributed by atoms with van der Waals surface area (Å²) in [5.74, 6) is -1.44. The Balaban J connectivity index is 1.33. The average Bonchev–Trinajstić information content (AvgIpc) is 3.64. The number of hydrogen-bond donors (Lipinski definition) is 1. The van der Waals surface area contributed by atoms with Gasteiger partial charge in [0.05, 0.1) is 23.3 Å². The van der Waals surface area contributed by atoms with Crippen molar-refractivity contribution in [2.45, 2.75) is 72.9 Å². The molecule has 0 bridgehead atoms. The molecule has 3 aromatic heterocycles. The van der Waals surface area contributed by atoms with Gasteiger partial charge in [0, 0.05) is 63.8 Å². The largest absolute Gasteiger partial charge is 0.457 e. The molecule has 0 radical (unpaired) electrons. The number of fused-ring (bicyclic) bond motifs is 2. The van der Waals surface area contributed by atoms with Gasteiger partial charge in [-0.25, -0.2) is 19.2 Å². The summed E-state index contributed by atoms with van der Waals surface area (Å²) >= 11 is 0. The zero-order valence-corrected chi connectivity index (χ0v) is 30.1. The summed E-state index contributed by atoms with van der Waals surface area (Å²) in [5.41, 5.74) is 1.87. The maximum atomic E-state index is 13.1. The fourth-order valence-corrected chi connectivity index (χ4v) is 5.35. The summed E-state index contributed by atoms with van der Waals surface area (Å²) in [6.07, 6.45) is 8.94. The molecular formula is C40H41N3O9. The van der Waals surface area contributed by atoms with Gasteiger partial charge in [-0.1, -0.05) is 36.4 Å². The lowest BCUT2D eigenvalue weighted by Gasteiger charge is -2.19. The molecule has 1 N–H and O–H groups in total. The highest BCUT2D eigenvalue weighted by Gasteiger charge is 2.22. The van der Waals surface area contributed by atoms with Crippen LogP contribution in [0.3, 0.4) is 0 Å². The smallest absolute Gasteiger partial charge is 0.419 e. The number of esters is 2. The number of para-hydroxylation sites is 2. The number of carbonyl (C=O) groups excluding carboxylic acids is 4. The van der Waals surface area contributed by atoms with Crippen LogP contribution in [0.25, 0.3) is 34.0 Å². The Morgan fingerprint density at radius 1 is 0.750 bits per heavy atom. The van der Waals surface area contributed by atoms with Gasteiger partial charge >= 0.3 is 24.1 Å². The van der Waals surface area contributed by atoms with Gasteiger partial charge in [0.2, 0.25) is 0 Å². The normalized spacial score (nSPS) is 12.2. The van der Waals surface area contributed by atoms with Crippen molar-refractivity contribution in [2.75, 3.05) is 0 Å². The van der Waals surface area contributed by atoms with Crippen molar-refractivity contribution in [1.82, 2.24) is 14.1 Å². The van der Waals surface area contributed by atoms with Crippen LogP contribution in [0, 0.1) is 6.92 Å². The van der Waals surface area contributed by atoms with Crippen LogP contribution in [0.4, 0.5) is 9.59 Å². The molecule has 0 aliphatic rings. The van der Waals surface area contributed by atoms with E-state index in [1.807, 2.05) is 24.3 Å². The first-order chi connectivity index (χ1) is 24.5. The van der Waals surface area contributed by atoms with Crippen LogP contribution in [-0.2, 0) is 37.0 Å². The Bertz CT molecular complexity index is 2230. The summed E-state index contributed by atoms with van der Waals surface area (Å²) in [4.78, 5) is 56.0. The highest BCUT2D eigenvalue weighted by Crippen LogP contribution is 2.29. The zero-order chi connectivity index (χ0) is 37.8. The molecule has 0 saturated carbocycles. The molecule has 0 aliphatic carbocycles. The second-order valence-corrected chi connectivity index (χ2v) is 13.9. The molecule has 270 valence electrons. The Labute approximate surface area is 300 Å². The lowest BCUT2D eigenvalue weighted by atomic mass is 10.1. The van der Waals surface area contributed by atoms with Gasteiger partial charge in [-0.2, -0.15) is 0 Å². The van der Waals surface area contributed by atoms with Gasteiger partial charge in [-0.3, -0.25) is 14.1 Å². The van der Waals surface area contributed by atoms with Crippen molar-refractivity contribution in [3.63, 3.8) is 0 Å². The van der Waals surface area contributed by atoms with Gasteiger partial charge in [0.25, 0.3) is 0 Å². The van der Waals surface area contributed by atoms with Crippen LogP contribution >= 0.6 is 0 Å². The van der Waals surface area contributed by atoms with Gasteiger partial charge < -0.3 is 24.1 Å². The molecule has 0 fully saturated rings. The van der Waals surface area contributed by atoms with Crippen molar-refractivity contribution in [3.8, 4) is 5.75 Å². The number of benzene rings is 2. The number of aliphatic hydroxyl groups is 1. The van der Waals surface area contributed by atoms with Crippen LogP contribution in [0.2, 0.25) is 0 Å². The first-order valence-corrected chi connectivity index (χ1v) is 16.5. The van der Waals surface area contributed by atoms with Gasteiger partial charge in [-0.05, 0) is 72.8 Å². The lowest BCUT2D eigenvalue weighted by molar-refractivity contribution is -0.139. The van der Waals surface area contributed by atoms with Gasteiger partial charge in [0.1, 0.15) is 17.8 Å². The third-order valence-corrected chi connectivity index (χ3v) is 7.60. The van der Waals surface area contributed by atoms with E-state index < -0.39 is 41.9 Å². The fourth-order valence-electron chi connectivity index (χ4n) is 5.35. The Morgan fingerprint density at radius 3 is 1.71 bits per heavy atom. The predicted octanol–water partition coefficient (Wildman–Crippen LogP) is 7.73. The highest BCUT2D eigenvalue weighted by atomic mass is 16.6. The van der Waals surface area contributed by atoms with E-state index in [9.17, 15) is 24.3 Å². The van der Waals surface area contributed by atoms with Crippen LogP contribution in [0.5, 0.6) is 5.75 Å². The molecule has 52 heavy (non-hydrogen) atoms. The van der Waals surface area contributed by atoms with E-state index in [1.165, 1.54) is 39.6 Å². The molecule has 0 unspecified atom stereocenters. The monoisotopic (exact) mass is 707 g/mol. The summed E-state index contributed by atoms with van der Waals surface area (Å²) < 4.78 is 25.0. The maximum absolute atomic E-state index is 13.1. The van der Waals surface area contributed by atoms with E-state index in [0.717, 1.165) is 5.39 Å². The minimum atomic E-state index is -0.761. The van der Waals surface area contributed by atoms with Crippen molar-refractivity contribution in [1.29, 1.82) is 0 Å². The van der Waals surface area contributed by atoms with Crippen molar-refractivity contribution < 1.29 is 43.2 Å². The Morgan fingerprint density at radius 2 is 1.23 bits per heavy atom. The standard InChI is InChI=1S/C40H41N3O9/c1-25-36(50-35(46)19-17-27-22-43(38(48)52-40(5,6)7)33-15-11-9-13-30(27)33)31(28(23-44)20-41-25)24-49-34(45)18-16-26-21-42(37(47)51-39(2,3)4)32-14-10-8-12-29(26)32/h8-22,44H,23-24H2,1-7H3/b18-16+,19-17+. The lowest BCUT2D eigenvalue weighted by Crippen LogP contribution is -2.26. The molecule has 5 rings (SSSR count). The molecule has 0 spiro atoms. The molecule has 12 nitrogen and oxygen atoms in total. The van der Waals surface area contributed by atoms with E-state index in [0.29, 0.717) is 38.8 Å². The molecule has 0 saturated heterocycles. The molecule has 2 aromatic carbocycles. The minimum Gasteiger partial charge on any atom is -0.457 e. The first kappa shape index (κ1) is 37.3. The van der Waals surface area contributed by atoms with Crippen LogP contribution in [0.1, 0.15) is 69.5 Å².